The molecular weight excluding hydrogens is 228 g/mol. The van der Waals surface area contributed by atoms with Gasteiger partial charge >= 0.3 is 0 Å². The fourth-order valence-electron chi connectivity index (χ4n) is 0.773. The molecule has 1 aromatic carbocycles. The predicted molar refractivity (Wildman–Crippen MR) is 55.7 cm³/mol. The monoisotopic (exact) mass is 232 g/mol. The lowest BCUT2D eigenvalue weighted by Gasteiger charge is -2.00. The van der Waals surface area contributed by atoms with Crippen LogP contribution in [0.2, 0.25) is 0 Å². The molecule has 0 spiro atoms. The molecule has 0 bridgehead atoms. The van der Waals surface area contributed by atoms with Gasteiger partial charge in [0, 0.05) is 12.1 Å². The van der Waals surface area contributed by atoms with Crippen molar-refractivity contribution in [3.05, 3.63) is 24.3 Å². The van der Waals surface area contributed by atoms with Crippen LogP contribution >= 0.6 is 0 Å². The van der Waals surface area contributed by atoms with E-state index in [4.69, 9.17) is 50.5 Å². The van der Waals surface area contributed by atoms with E-state index in [1.807, 2.05) is 12.1 Å². The summed E-state index contributed by atoms with van der Waals surface area (Å²) in [5.74, 6) is 0. The molecule has 1 rings (SSSR count). The molecule has 1 aromatic rings. The molecule has 0 aliphatic rings. The van der Waals surface area contributed by atoms with E-state index >= 15 is 0 Å². The molecular formula is C6H4N2S4. The third kappa shape index (κ3) is 2.10. The van der Waals surface area contributed by atoms with Gasteiger partial charge in [-0.15, -0.1) is 0 Å². The van der Waals surface area contributed by atoms with Crippen molar-refractivity contribution in [1.29, 1.82) is 0 Å². The lowest BCUT2D eigenvalue weighted by atomic mass is 10.3. The summed E-state index contributed by atoms with van der Waals surface area (Å²) in [6.07, 6.45) is 0. The number of benzene rings is 1. The van der Waals surface area contributed by atoms with Gasteiger partial charge in [0.1, 0.15) is 0 Å². The maximum atomic E-state index is 4.78. The first kappa shape index (κ1) is 9.79. The van der Waals surface area contributed by atoms with Crippen molar-refractivity contribution in [3.63, 3.8) is 0 Å². The van der Waals surface area contributed by atoms with Crippen LogP contribution in [0.15, 0.2) is 24.3 Å². The second-order valence-corrected chi connectivity index (χ2v) is 3.93. The van der Waals surface area contributed by atoms with Gasteiger partial charge in [-0.05, 0) is 0 Å². The van der Waals surface area contributed by atoms with E-state index in [-0.39, 0.29) is 0 Å². The highest BCUT2D eigenvalue weighted by Gasteiger charge is 2.12. The first-order chi connectivity index (χ1) is 5.63. The SMILES string of the molecule is S=[N+]([S-])c1ccccc1[N+](=S)[S-]. The number of hydrogen-bond acceptors (Lipinski definition) is 4. The highest BCUT2D eigenvalue weighted by atomic mass is 32.2. The van der Waals surface area contributed by atoms with Gasteiger partial charge in [0.25, 0.3) is 11.4 Å². The van der Waals surface area contributed by atoms with E-state index in [1.54, 1.807) is 12.1 Å². The van der Waals surface area contributed by atoms with Crippen LogP contribution in [0.4, 0.5) is 11.4 Å². The molecule has 0 amide bonds. The summed E-state index contributed by atoms with van der Waals surface area (Å²) in [7, 11) is 0. The van der Waals surface area contributed by atoms with E-state index in [2.05, 4.69) is 0 Å². The molecule has 12 heavy (non-hydrogen) atoms. The molecule has 2 nitrogen and oxygen atoms in total. The molecule has 6 heteroatoms. The summed E-state index contributed by atoms with van der Waals surface area (Å²) >= 11 is 19.1. The quantitative estimate of drug-likeness (QED) is 0.560. The normalized spacial score (nSPS) is 9.33. The van der Waals surface area contributed by atoms with Gasteiger partial charge in [0.15, 0.2) is 0 Å². The van der Waals surface area contributed by atoms with Gasteiger partial charge in [-0.25, -0.2) is 6.70 Å². The van der Waals surface area contributed by atoms with Gasteiger partial charge in [0.05, 0.1) is 0 Å². The summed E-state index contributed by atoms with van der Waals surface area (Å²) in [6, 6.07) is 7.22. The lowest BCUT2D eigenvalue weighted by molar-refractivity contribution is -0.241. The minimum absolute atomic E-state index is 0.674. The number of rotatable bonds is 2. The Bertz CT molecular complexity index is 303. The van der Waals surface area contributed by atoms with E-state index in [1.165, 1.54) is 0 Å². The molecule has 0 aliphatic heterocycles. The second-order valence-electron chi connectivity index (χ2n) is 2.00. The highest BCUT2D eigenvalue weighted by molar-refractivity contribution is 7.59. The molecule has 0 atom stereocenters. The second kappa shape index (κ2) is 4.08. The maximum Gasteiger partial charge on any atom is 0.274 e. The Balaban J connectivity index is 3.27. The summed E-state index contributed by atoms with van der Waals surface area (Å²) in [4.78, 5) is 0. The zero-order valence-electron chi connectivity index (χ0n) is 5.84. The van der Waals surface area contributed by atoms with Gasteiger partial charge in [0.2, 0.25) is 0 Å². The Morgan fingerprint density at radius 2 is 1.25 bits per heavy atom. The summed E-state index contributed by atoms with van der Waals surface area (Å²) < 4.78 is 2.31. The summed E-state index contributed by atoms with van der Waals surface area (Å²) in [6.45, 7) is 0. The largest absolute Gasteiger partial charge is 0.274 e. The average molecular weight is 232 g/mol. The van der Waals surface area contributed by atoms with Crippen LogP contribution in [0.5, 0.6) is 0 Å². The third-order valence-corrected chi connectivity index (χ3v) is 2.06. The minimum Gasteiger partial charge on any atom is -0.219 e. The summed E-state index contributed by atoms with van der Waals surface area (Å²) in [5.41, 5.74) is 1.35. The Kier molecular flexibility index (Phi) is 3.33. The highest BCUT2D eigenvalue weighted by Crippen LogP contribution is 2.24. The molecule has 0 fully saturated rings. The standard InChI is InChI=1S/C6H4N2S4/c9-7(10)5-3-1-2-4-6(5)8(11)12/h1-4H. The number of nitrogens with zero attached hydrogens (tertiary/aromatic N) is 2. The van der Waals surface area contributed by atoms with Crippen molar-refractivity contribution in [1.82, 2.24) is 0 Å². The van der Waals surface area contributed by atoms with Crippen molar-refractivity contribution in [2.45, 2.75) is 0 Å². The van der Waals surface area contributed by atoms with E-state index in [0.717, 1.165) is 6.70 Å². The summed E-state index contributed by atoms with van der Waals surface area (Å²) in [5, 5.41) is 0. The van der Waals surface area contributed by atoms with Gasteiger partial charge in [-0.1, -0.05) is 62.6 Å². The first-order valence-corrected chi connectivity index (χ1v) is 4.47. The third-order valence-electron chi connectivity index (χ3n) is 1.28. The molecule has 0 saturated heterocycles. The topological polar surface area (TPSA) is 6.02 Å². The molecule has 0 aliphatic carbocycles. The fourth-order valence-corrected chi connectivity index (χ4v) is 1.39. The van der Waals surface area contributed by atoms with Crippen molar-refractivity contribution in [3.8, 4) is 0 Å². The number of para-hydroxylation sites is 2. The molecule has 62 valence electrons. The zero-order valence-corrected chi connectivity index (χ0v) is 9.10. The minimum atomic E-state index is 0.674. The fraction of sp³-hybridized carbons (Fsp3) is 0. The van der Waals surface area contributed by atoms with Crippen LogP contribution < -0.4 is 0 Å². The van der Waals surface area contributed by atoms with Crippen LogP contribution in [0, 0.1) is 0 Å². The van der Waals surface area contributed by atoms with E-state index in [0.29, 0.717) is 11.4 Å². The Morgan fingerprint density at radius 1 is 0.917 bits per heavy atom. The van der Waals surface area contributed by atoms with Gasteiger partial charge in [-0.3, -0.25) is 0 Å². The Labute approximate surface area is 92.6 Å². The van der Waals surface area contributed by atoms with Crippen molar-refractivity contribution >= 4 is 61.9 Å². The van der Waals surface area contributed by atoms with Crippen LogP contribution in [0.25, 0.3) is 0 Å². The van der Waals surface area contributed by atoms with Gasteiger partial charge in [-0.2, -0.15) is 0 Å². The van der Waals surface area contributed by atoms with Crippen LogP contribution in [0.3, 0.4) is 0 Å². The van der Waals surface area contributed by atoms with E-state index < -0.39 is 0 Å². The Hall–Kier alpha value is -0.300. The zero-order chi connectivity index (χ0) is 9.14. The number of hydrogen-bond donors (Lipinski definition) is 0. The van der Waals surface area contributed by atoms with Crippen molar-refractivity contribution in [2.24, 2.45) is 0 Å². The predicted octanol–water partition coefficient (Wildman–Crippen LogP) is 1.36. The molecule has 0 heterocycles. The first-order valence-electron chi connectivity index (χ1n) is 3.00. The van der Waals surface area contributed by atoms with Gasteiger partial charge < -0.3 is 0 Å². The molecule has 0 unspecified atom stereocenters. The molecule has 0 saturated carbocycles. The molecule has 0 radical (unpaired) electrons. The van der Waals surface area contributed by atoms with Crippen LogP contribution in [-0.4, -0.2) is 6.70 Å². The average Bonchev–Trinajstić information content (AvgIpc) is 2.04. The van der Waals surface area contributed by atoms with Crippen LogP contribution in [0.1, 0.15) is 0 Å². The van der Waals surface area contributed by atoms with Crippen LogP contribution in [-0.2, 0) is 50.5 Å². The van der Waals surface area contributed by atoms with Crippen molar-refractivity contribution in [2.75, 3.05) is 0 Å². The van der Waals surface area contributed by atoms with Crippen molar-refractivity contribution < 1.29 is 6.70 Å². The molecule has 0 aromatic heterocycles. The smallest absolute Gasteiger partial charge is 0.219 e. The molecule has 0 N–H and O–H groups in total. The lowest BCUT2D eigenvalue weighted by Crippen LogP contribution is -1.95. The Morgan fingerprint density at radius 3 is 1.50 bits per heavy atom. The maximum absolute atomic E-state index is 4.78. The van der Waals surface area contributed by atoms with E-state index in [9.17, 15) is 0 Å².